The average molecular weight is 350 g/mol. The van der Waals surface area contributed by atoms with Crippen molar-refractivity contribution in [1.29, 1.82) is 0 Å². The first-order valence-corrected chi connectivity index (χ1v) is 9.50. The van der Waals surface area contributed by atoms with Gasteiger partial charge >= 0.3 is 0 Å². The predicted octanol–water partition coefficient (Wildman–Crippen LogP) is 3.19. The summed E-state index contributed by atoms with van der Waals surface area (Å²) >= 11 is 0. The molecule has 2 aromatic carbocycles. The van der Waals surface area contributed by atoms with Crippen molar-refractivity contribution in [2.24, 2.45) is 5.92 Å². The summed E-state index contributed by atoms with van der Waals surface area (Å²) in [6.07, 6.45) is 0.972. The summed E-state index contributed by atoms with van der Waals surface area (Å²) in [5, 5.41) is 3.34. The summed E-state index contributed by atoms with van der Waals surface area (Å²) in [6, 6.07) is 18.7. The lowest BCUT2D eigenvalue weighted by molar-refractivity contribution is -0.135. The van der Waals surface area contributed by atoms with Gasteiger partial charge in [0.05, 0.1) is 0 Å². The Bertz CT molecular complexity index is 744. The number of hydrogen-bond acceptors (Lipinski definition) is 3. The van der Waals surface area contributed by atoms with Crippen molar-refractivity contribution in [2.75, 3.05) is 19.6 Å². The summed E-state index contributed by atoms with van der Waals surface area (Å²) in [4.78, 5) is 14.8. The molecule has 1 aliphatic carbocycles. The van der Waals surface area contributed by atoms with Crippen molar-refractivity contribution >= 4 is 5.91 Å². The fourth-order valence-corrected chi connectivity index (χ4v) is 3.77. The number of nitrogens with one attached hydrogen (secondary N) is 1. The third kappa shape index (κ3) is 3.75. The Hall–Kier alpha value is -2.33. The number of ether oxygens (including phenoxy) is 1. The summed E-state index contributed by atoms with van der Waals surface area (Å²) in [5.74, 6) is 1.73. The Morgan fingerprint density at radius 3 is 2.65 bits per heavy atom. The largest absolute Gasteiger partial charge is 0.489 e. The molecule has 2 aromatic rings. The average Bonchev–Trinajstić information content (AvgIpc) is 3.48. The van der Waals surface area contributed by atoms with E-state index < -0.39 is 0 Å². The Balaban J connectivity index is 1.32. The highest BCUT2D eigenvalue weighted by atomic mass is 16.5. The Morgan fingerprint density at radius 2 is 1.92 bits per heavy atom. The molecule has 26 heavy (non-hydrogen) atoms. The maximum atomic E-state index is 12.8. The second kappa shape index (κ2) is 7.50. The van der Waals surface area contributed by atoms with Crippen LogP contribution >= 0.6 is 0 Å². The molecule has 1 saturated carbocycles. The molecular weight excluding hydrogens is 324 g/mol. The summed E-state index contributed by atoms with van der Waals surface area (Å²) in [5.41, 5.74) is 2.41. The first-order valence-electron chi connectivity index (χ1n) is 9.50. The molecule has 1 aliphatic heterocycles. The van der Waals surface area contributed by atoms with Gasteiger partial charge in [0.15, 0.2) is 0 Å². The molecule has 0 spiro atoms. The second-order valence-electron chi connectivity index (χ2n) is 7.38. The Morgan fingerprint density at radius 1 is 1.15 bits per heavy atom. The molecule has 3 unspecified atom stereocenters. The van der Waals surface area contributed by atoms with E-state index in [-0.39, 0.29) is 5.92 Å². The van der Waals surface area contributed by atoms with Gasteiger partial charge in [-0.3, -0.25) is 4.79 Å². The van der Waals surface area contributed by atoms with Crippen LogP contribution in [0.1, 0.15) is 30.4 Å². The van der Waals surface area contributed by atoms with E-state index in [9.17, 15) is 4.79 Å². The van der Waals surface area contributed by atoms with Gasteiger partial charge in [-0.15, -0.1) is 0 Å². The Kier molecular flexibility index (Phi) is 4.93. The molecule has 0 aromatic heterocycles. The highest BCUT2D eigenvalue weighted by molar-refractivity contribution is 5.83. The van der Waals surface area contributed by atoms with Gasteiger partial charge in [0, 0.05) is 31.6 Å². The third-order valence-electron chi connectivity index (χ3n) is 5.45. The van der Waals surface area contributed by atoms with Gasteiger partial charge in [0.25, 0.3) is 0 Å². The molecule has 1 saturated heterocycles. The van der Waals surface area contributed by atoms with E-state index in [0.29, 0.717) is 24.5 Å². The van der Waals surface area contributed by atoms with Crippen molar-refractivity contribution in [3.05, 3.63) is 65.7 Å². The molecule has 3 atom stereocenters. The van der Waals surface area contributed by atoms with E-state index in [4.69, 9.17) is 4.74 Å². The number of benzene rings is 2. The van der Waals surface area contributed by atoms with Crippen molar-refractivity contribution in [2.45, 2.75) is 31.9 Å². The third-order valence-corrected chi connectivity index (χ3v) is 5.45. The number of carbonyl (C=O) groups excluding carboxylic acids is 1. The van der Waals surface area contributed by atoms with Crippen molar-refractivity contribution < 1.29 is 9.53 Å². The van der Waals surface area contributed by atoms with Crippen LogP contribution in [0.3, 0.4) is 0 Å². The molecular formula is C22H26N2O2. The SMILES string of the molecule is CC1CNCCN1C(=O)C1CC1c1ccc(OCc2ccccc2)cc1. The molecule has 0 bridgehead atoms. The monoisotopic (exact) mass is 350 g/mol. The van der Waals surface area contributed by atoms with Crippen molar-refractivity contribution in [3.63, 3.8) is 0 Å². The molecule has 4 rings (SSSR count). The van der Waals surface area contributed by atoms with Gasteiger partial charge < -0.3 is 15.0 Å². The molecule has 4 heteroatoms. The summed E-state index contributed by atoms with van der Waals surface area (Å²) in [7, 11) is 0. The predicted molar refractivity (Wildman–Crippen MR) is 102 cm³/mol. The van der Waals surface area contributed by atoms with Crippen molar-refractivity contribution in [1.82, 2.24) is 10.2 Å². The first-order chi connectivity index (χ1) is 12.7. The van der Waals surface area contributed by atoms with Crippen molar-refractivity contribution in [3.8, 4) is 5.75 Å². The smallest absolute Gasteiger partial charge is 0.226 e. The van der Waals surface area contributed by atoms with Crippen LogP contribution in [-0.4, -0.2) is 36.5 Å². The maximum absolute atomic E-state index is 12.8. The molecule has 2 fully saturated rings. The van der Waals surface area contributed by atoms with Gasteiger partial charge in [-0.25, -0.2) is 0 Å². The molecule has 1 amide bonds. The van der Waals surface area contributed by atoms with E-state index in [1.807, 2.05) is 30.3 Å². The zero-order chi connectivity index (χ0) is 17.9. The normalized spacial score (nSPS) is 25.0. The number of carbonyl (C=O) groups is 1. The number of nitrogens with zero attached hydrogens (tertiary/aromatic N) is 1. The van der Waals surface area contributed by atoms with Gasteiger partial charge in [0.2, 0.25) is 5.91 Å². The van der Waals surface area contributed by atoms with Gasteiger partial charge in [-0.1, -0.05) is 42.5 Å². The summed E-state index contributed by atoms with van der Waals surface area (Å²) in [6.45, 7) is 5.33. The molecule has 1 N–H and O–H groups in total. The molecule has 2 aliphatic rings. The standard InChI is InChI=1S/C22H26N2O2/c1-16-14-23-11-12-24(16)22(25)21-13-20(21)18-7-9-19(10-8-18)26-15-17-5-3-2-4-6-17/h2-10,16,20-21,23H,11-15H2,1H3. The van der Waals surface area contributed by atoms with Gasteiger partial charge in [-0.05, 0) is 42.5 Å². The van der Waals surface area contributed by atoms with E-state index in [1.165, 1.54) is 5.56 Å². The topological polar surface area (TPSA) is 41.6 Å². The highest BCUT2D eigenvalue weighted by Gasteiger charge is 2.46. The zero-order valence-corrected chi connectivity index (χ0v) is 15.2. The quantitative estimate of drug-likeness (QED) is 0.900. The lowest BCUT2D eigenvalue weighted by Gasteiger charge is -2.34. The van der Waals surface area contributed by atoms with E-state index in [1.54, 1.807) is 0 Å². The second-order valence-corrected chi connectivity index (χ2v) is 7.38. The fourth-order valence-electron chi connectivity index (χ4n) is 3.77. The highest BCUT2D eigenvalue weighted by Crippen LogP contribution is 2.49. The number of amides is 1. The van der Waals surface area contributed by atoms with Crippen LogP contribution < -0.4 is 10.1 Å². The van der Waals surface area contributed by atoms with Gasteiger partial charge in [-0.2, -0.15) is 0 Å². The Labute approximate surface area is 155 Å². The zero-order valence-electron chi connectivity index (χ0n) is 15.2. The van der Waals surface area contributed by atoms with Crippen LogP contribution in [0.4, 0.5) is 0 Å². The van der Waals surface area contributed by atoms with Crippen LogP contribution in [0.15, 0.2) is 54.6 Å². The number of piperazine rings is 1. The minimum absolute atomic E-state index is 0.159. The summed E-state index contributed by atoms with van der Waals surface area (Å²) < 4.78 is 5.85. The van der Waals surface area contributed by atoms with Crippen LogP contribution in [-0.2, 0) is 11.4 Å². The molecule has 4 nitrogen and oxygen atoms in total. The maximum Gasteiger partial charge on any atom is 0.226 e. The molecule has 1 heterocycles. The number of hydrogen-bond donors (Lipinski definition) is 1. The van der Waals surface area contributed by atoms with E-state index in [0.717, 1.165) is 37.4 Å². The van der Waals surface area contributed by atoms with Crippen LogP contribution in [0.5, 0.6) is 5.75 Å². The van der Waals surface area contributed by atoms with Crippen LogP contribution in [0.2, 0.25) is 0 Å². The van der Waals surface area contributed by atoms with E-state index in [2.05, 4.69) is 41.4 Å². The van der Waals surface area contributed by atoms with Crippen LogP contribution in [0.25, 0.3) is 0 Å². The minimum atomic E-state index is 0.159. The van der Waals surface area contributed by atoms with E-state index >= 15 is 0 Å². The molecule has 0 radical (unpaired) electrons. The fraction of sp³-hybridized carbons (Fsp3) is 0.409. The van der Waals surface area contributed by atoms with Crippen LogP contribution in [0, 0.1) is 5.92 Å². The first kappa shape index (κ1) is 17.1. The molecule has 136 valence electrons. The minimum Gasteiger partial charge on any atom is -0.489 e. The number of rotatable bonds is 5. The lowest BCUT2D eigenvalue weighted by atomic mass is 10.1. The lowest BCUT2D eigenvalue weighted by Crippen LogP contribution is -2.52. The van der Waals surface area contributed by atoms with Gasteiger partial charge in [0.1, 0.15) is 12.4 Å².